The van der Waals surface area contributed by atoms with Crippen molar-refractivity contribution in [3.63, 3.8) is 0 Å². The Morgan fingerprint density at radius 3 is 2.29 bits per heavy atom. The maximum Gasteiger partial charge on any atom is 0.0208 e. The molecular weight excluding hydrogens is 254 g/mol. The number of benzene rings is 2. The Kier molecular flexibility index (Phi) is 3.52. The Hall–Kier alpha value is -1.60. The van der Waals surface area contributed by atoms with Crippen LogP contribution in [0.2, 0.25) is 0 Å². The summed E-state index contributed by atoms with van der Waals surface area (Å²) in [6.45, 7) is 1.01. The predicted octanol–water partition coefficient (Wildman–Crippen LogP) is 4.48. The molecule has 0 spiro atoms. The van der Waals surface area contributed by atoms with Gasteiger partial charge in [-0.25, -0.2) is 0 Å². The highest BCUT2D eigenvalue weighted by molar-refractivity contribution is 5.65. The Balaban J connectivity index is 1.52. The lowest BCUT2D eigenvalue weighted by molar-refractivity contribution is 0.686. The summed E-state index contributed by atoms with van der Waals surface area (Å²) in [4.78, 5) is 0. The van der Waals surface area contributed by atoms with Crippen molar-refractivity contribution in [2.45, 2.75) is 51.1 Å². The summed E-state index contributed by atoms with van der Waals surface area (Å²) in [5.41, 5.74) is 7.24. The number of hydrogen-bond donors (Lipinski definition) is 1. The van der Waals surface area contributed by atoms with Crippen LogP contribution < -0.4 is 5.32 Å². The molecule has 0 unspecified atom stereocenters. The normalized spacial score (nSPS) is 17.5. The van der Waals surface area contributed by atoms with Gasteiger partial charge in [0.25, 0.3) is 0 Å². The highest BCUT2D eigenvalue weighted by atomic mass is 14.9. The second-order valence-corrected chi connectivity index (χ2v) is 6.54. The Morgan fingerprint density at radius 2 is 1.52 bits per heavy atom. The fourth-order valence-corrected chi connectivity index (χ4v) is 3.28. The zero-order valence-corrected chi connectivity index (χ0v) is 12.6. The molecule has 1 fully saturated rings. The number of aryl methyl sites for hydroxylation is 2. The van der Waals surface area contributed by atoms with Crippen LogP contribution in [-0.2, 0) is 19.4 Å². The van der Waals surface area contributed by atoms with Crippen molar-refractivity contribution in [2.24, 2.45) is 0 Å². The minimum Gasteiger partial charge on any atom is -0.310 e. The van der Waals surface area contributed by atoms with Crippen LogP contribution in [0.15, 0.2) is 42.5 Å². The van der Waals surface area contributed by atoms with Crippen LogP contribution in [0, 0.1) is 0 Å². The van der Waals surface area contributed by atoms with Gasteiger partial charge in [-0.15, -0.1) is 0 Å². The highest BCUT2D eigenvalue weighted by Gasteiger charge is 2.19. The van der Waals surface area contributed by atoms with Crippen molar-refractivity contribution in [2.75, 3.05) is 0 Å². The smallest absolute Gasteiger partial charge is 0.0208 e. The van der Waals surface area contributed by atoms with Crippen molar-refractivity contribution in [3.05, 3.63) is 59.2 Å². The number of hydrogen-bond acceptors (Lipinski definition) is 1. The average molecular weight is 277 g/mol. The fourth-order valence-electron chi connectivity index (χ4n) is 3.28. The summed E-state index contributed by atoms with van der Waals surface area (Å²) >= 11 is 0. The maximum atomic E-state index is 3.57. The molecule has 0 aromatic heterocycles. The van der Waals surface area contributed by atoms with Gasteiger partial charge in [-0.3, -0.25) is 0 Å². The molecular formula is C20H23N. The van der Waals surface area contributed by atoms with Gasteiger partial charge in [0.2, 0.25) is 0 Å². The van der Waals surface area contributed by atoms with E-state index in [0.29, 0.717) is 0 Å². The topological polar surface area (TPSA) is 12.0 Å². The van der Waals surface area contributed by atoms with E-state index >= 15 is 0 Å². The first kappa shape index (κ1) is 13.1. The third-order valence-electron chi connectivity index (χ3n) is 4.81. The average Bonchev–Trinajstić information content (AvgIpc) is 3.37. The lowest BCUT2D eigenvalue weighted by Gasteiger charge is -2.16. The molecule has 0 radical (unpaired) electrons. The largest absolute Gasteiger partial charge is 0.310 e. The van der Waals surface area contributed by atoms with Gasteiger partial charge >= 0.3 is 0 Å². The highest BCUT2D eigenvalue weighted by Crippen LogP contribution is 2.27. The minimum absolute atomic E-state index is 0.783. The van der Waals surface area contributed by atoms with Gasteiger partial charge in [0.15, 0.2) is 0 Å². The van der Waals surface area contributed by atoms with Crippen molar-refractivity contribution in [1.29, 1.82) is 0 Å². The second kappa shape index (κ2) is 5.65. The molecule has 1 nitrogen and oxygen atoms in total. The Morgan fingerprint density at radius 1 is 0.810 bits per heavy atom. The van der Waals surface area contributed by atoms with Crippen LogP contribution in [0.25, 0.3) is 11.1 Å². The fraction of sp³-hybridized carbons (Fsp3) is 0.400. The quantitative estimate of drug-likeness (QED) is 0.868. The third kappa shape index (κ3) is 3.03. The van der Waals surface area contributed by atoms with E-state index in [1.54, 1.807) is 11.1 Å². The summed E-state index contributed by atoms with van der Waals surface area (Å²) in [7, 11) is 0. The van der Waals surface area contributed by atoms with Crippen LogP contribution in [0.5, 0.6) is 0 Å². The molecule has 0 bridgehead atoms. The standard InChI is InChI=1S/C20H23N/c1-2-4-18-13-19(10-9-16(18)3-1)17-7-5-15(6-8-17)14-21-20-11-12-20/h5-10,13,20-21H,1-4,11-12,14H2. The summed E-state index contributed by atoms with van der Waals surface area (Å²) in [5.74, 6) is 0. The molecule has 2 aliphatic carbocycles. The van der Waals surface area contributed by atoms with Gasteiger partial charge in [0.05, 0.1) is 0 Å². The van der Waals surface area contributed by atoms with Gasteiger partial charge in [0.1, 0.15) is 0 Å². The number of nitrogens with one attached hydrogen (secondary N) is 1. The van der Waals surface area contributed by atoms with Crippen molar-refractivity contribution < 1.29 is 0 Å². The van der Waals surface area contributed by atoms with Crippen LogP contribution in [0.4, 0.5) is 0 Å². The van der Waals surface area contributed by atoms with E-state index < -0.39 is 0 Å². The van der Waals surface area contributed by atoms with E-state index in [9.17, 15) is 0 Å². The summed E-state index contributed by atoms with van der Waals surface area (Å²) in [6.07, 6.45) is 7.94. The summed E-state index contributed by atoms with van der Waals surface area (Å²) in [5, 5.41) is 3.57. The second-order valence-electron chi connectivity index (χ2n) is 6.54. The molecule has 0 saturated heterocycles. The molecule has 21 heavy (non-hydrogen) atoms. The van der Waals surface area contributed by atoms with Gasteiger partial charge < -0.3 is 5.32 Å². The summed E-state index contributed by atoms with van der Waals surface area (Å²) < 4.78 is 0. The Bertz CT molecular complexity index is 623. The molecule has 2 aliphatic rings. The molecule has 4 rings (SSSR count). The molecule has 2 aromatic rings. The Labute approximate surface area is 127 Å². The molecule has 0 aliphatic heterocycles. The van der Waals surface area contributed by atoms with Crippen LogP contribution in [-0.4, -0.2) is 6.04 Å². The van der Waals surface area contributed by atoms with Crippen LogP contribution in [0.3, 0.4) is 0 Å². The van der Waals surface area contributed by atoms with Gasteiger partial charge in [-0.05, 0) is 66.3 Å². The van der Waals surface area contributed by atoms with Crippen LogP contribution in [0.1, 0.15) is 42.4 Å². The van der Waals surface area contributed by atoms with Crippen molar-refractivity contribution >= 4 is 0 Å². The summed E-state index contributed by atoms with van der Waals surface area (Å²) in [6, 6.07) is 16.9. The van der Waals surface area contributed by atoms with E-state index in [1.165, 1.54) is 55.2 Å². The van der Waals surface area contributed by atoms with E-state index in [1.807, 2.05) is 0 Å². The third-order valence-corrected chi connectivity index (χ3v) is 4.81. The van der Waals surface area contributed by atoms with Gasteiger partial charge in [-0.1, -0.05) is 42.5 Å². The van der Waals surface area contributed by atoms with Crippen molar-refractivity contribution in [3.8, 4) is 11.1 Å². The van der Waals surface area contributed by atoms with E-state index in [-0.39, 0.29) is 0 Å². The first-order valence-electron chi connectivity index (χ1n) is 8.33. The zero-order valence-electron chi connectivity index (χ0n) is 12.6. The molecule has 108 valence electrons. The van der Waals surface area contributed by atoms with Crippen LogP contribution >= 0.6 is 0 Å². The van der Waals surface area contributed by atoms with Gasteiger partial charge in [0, 0.05) is 12.6 Å². The molecule has 0 atom stereocenters. The lowest BCUT2D eigenvalue weighted by Crippen LogP contribution is -2.14. The number of fused-ring (bicyclic) bond motifs is 1. The first-order valence-corrected chi connectivity index (χ1v) is 8.33. The molecule has 0 amide bonds. The molecule has 1 N–H and O–H groups in total. The monoisotopic (exact) mass is 277 g/mol. The SMILES string of the molecule is c1cc(-c2ccc3c(c2)CCCC3)ccc1CNC1CC1. The first-order chi connectivity index (χ1) is 10.4. The molecule has 2 aromatic carbocycles. The van der Waals surface area contributed by atoms with Crippen molar-refractivity contribution in [1.82, 2.24) is 5.32 Å². The van der Waals surface area contributed by atoms with E-state index in [4.69, 9.17) is 0 Å². The maximum absolute atomic E-state index is 3.57. The van der Waals surface area contributed by atoms with E-state index in [2.05, 4.69) is 47.8 Å². The molecule has 1 heteroatoms. The predicted molar refractivity (Wildman–Crippen MR) is 88.4 cm³/mol. The molecule has 0 heterocycles. The minimum atomic E-state index is 0.783. The zero-order chi connectivity index (χ0) is 14.1. The van der Waals surface area contributed by atoms with E-state index in [0.717, 1.165) is 12.6 Å². The molecule has 1 saturated carbocycles. The number of rotatable bonds is 4. The van der Waals surface area contributed by atoms with Gasteiger partial charge in [-0.2, -0.15) is 0 Å². The lowest BCUT2D eigenvalue weighted by atomic mass is 9.89.